The lowest BCUT2D eigenvalue weighted by Crippen LogP contribution is -2.54. The van der Waals surface area contributed by atoms with Crippen LogP contribution in [-0.2, 0) is 4.74 Å². The molecule has 2 aliphatic heterocycles. The van der Waals surface area contributed by atoms with Crippen LogP contribution in [0.1, 0.15) is 26.2 Å². The molecule has 0 spiro atoms. The van der Waals surface area contributed by atoms with Gasteiger partial charge in [-0.3, -0.25) is 9.80 Å². The molecule has 6 nitrogen and oxygen atoms in total. The minimum absolute atomic E-state index is 0.0121. The summed E-state index contributed by atoms with van der Waals surface area (Å²) in [5, 5.41) is 11.8. The minimum atomic E-state index is 0.0121. The highest BCUT2D eigenvalue weighted by Gasteiger charge is 2.25. The van der Waals surface area contributed by atoms with Crippen LogP contribution in [0, 0.1) is 0 Å². The van der Waals surface area contributed by atoms with E-state index < -0.39 is 0 Å². The van der Waals surface area contributed by atoms with Gasteiger partial charge < -0.3 is 15.7 Å². The van der Waals surface area contributed by atoms with E-state index in [1.165, 1.54) is 19.3 Å². The molecule has 2 fully saturated rings. The lowest BCUT2D eigenvalue weighted by Gasteiger charge is -2.39. The Bertz CT molecular complexity index is 297. The SMILES string of the molecule is CC(C(N)=NO)N1CCN(CC2CCCCO2)CC1. The Morgan fingerprint density at radius 3 is 2.68 bits per heavy atom. The molecule has 6 heteroatoms. The average Bonchev–Trinajstić information content (AvgIpc) is 2.47. The number of oxime groups is 1. The maximum absolute atomic E-state index is 8.71. The summed E-state index contributed by atoms with van der Waals surface area (Å²) in [5.74, 6) is 0.295. The normalized spacial score (nSPS) is 29.3. The molecule has 2 rings (SSSR count). The second-order valence-electron chi connectivity index (χ2n) is 5.53. The smallest absolute Gasteiger partial charge is 0.156 e. The zero-order valence-electron chi connectivity index (χ0n) is 11.8. The molecule has 19 heavy (non-hydrogen) atoms. The number of ether oxygens (including phenoxy) is 1. The monoisotopic (exact) mass is 270 g/mol. The molecule has 2 unspecified atom stereocenters. The van der Waals surface area contributed by atoms with Crippen molar-refractivity contribution in [2.24, 2.45) is 10.9 Å². The van der Waals surface area contributed by atoms with Crippen LogP contribution in [0.2, 0.25) is 0 Å². The fourth-order valence-corrected chi connectivity index (χ4v) is 2.84. The number of hydrogen-bond donors (Lipinski definition) is 2. The third-order valence-corrected chi connectivity index (χ3v) is 4.23. The molecular weight excluding hydrogens is 244 g/mol. The molecule has 2 saturated heterocycles. The van der Waals surface area contributed by atoms with Crippen molar-refractivity contribution in [2.45, 2.75) is 38.3 Å². The first-order valence-electron chi connectivity index (χ1n) is 7.26. The van der Waals surface area contributed by atoms with Crippen LogP contribution in [-0.4, -0.2) is 72.3 Å². The van der Waals surface area contributed by atoms with Gasteiger partial charge in [-0.2, -0.15) is 0 Å². The molecular formula is C13H26N4O2. The first-order valence-corrected chi connectivity index (χ1v) is 7.26. The van der Waals surface area contributed by atoms with E-state index in [2.05, 4.69) is 15.0 Å². The molecule has 2 atom stereocenters. The van der Waals surface area contributed by atoms with Gasteiger partial charge in [-0.25, -0.2) is 0 Å². The first kappa shape index (κ1) is 14.6. The Balaban J connectivity index is 1.72. The van der Waals surface area contributed by atoms with Crippen molar-refractivity contribution in [3.05, 3.63) is 0 Å². The molecule has 110 valence electrons. The fourth-order valence-electron chi connectivity index (χ4n) is 2.84. The zero-order chi connectivity index (χ0) is 13.7. The van der Waals surface area contributed by atoms with E-state index in [-0.39, 0.29) is 6.04 Å². The lowest BCUT2D eigenvalue weighted by molar-refractivity contribution is -0.0149. The van der Waals surface area contributed by atoms with E-state index in [4.69, 9.17) is 15.7 Å². The highest BCUT2D eigenvalue weighted by atomic mass is 16.5. The van der Waals surface area contributed by atoms with Crippen LogP contribution < -0.4 is 5.73 Å². The fraction of sp³-hybridized carbons (Fsp3) is 0.923. The molecule has 0 amide bonds. The molecule has 0 saturated carbocycles. The number of hydrogen-bond acceptors (Lipinski definition) is 5. The van der Waals surface area contributed by atoms with Crippen LogP contribution in [0.25, 0.3) is 0 Å². The van der Waals surface area contributed by atoms with Crippen molar-refractivity contribution in [3.63, 3.8) is 0 Å². The van der Waals surface area contributed by atoms with Crippen LogP contribution >= 0.6 is 0 Å². The molecule has 2 aliphatic rings. The minimum Gasteiger partial charge on any atom is -0.409 e. The molecule has 0 aromatic rings. The maximum atomic E-state index is 8.71. The van der Waals surface area contributed by atoms with Crippen LogP contribution in [0.4, 0.5) is 0 Å². The quantitative estimate of drug-likeness (QED) is 0.333. The van der Waals surface area contributed by atoms with Crippen molar-refractivity contribution in [3.8, 4) is 0 Å². The van der Waals surface area contributed by atoms with Crippen molar-refractivity contribution in [1.29, 1.82) is 0 Å². The standard InChI is InChI=1S/C13H26N4O2/c1-11(13(14)15-18)17-7-5-16(6-8-17)10-12-4-2-3-9-19-12/h11-12,18H,2-10H2,1H3,(H2,14,15). The maximum Gasteiger partial charge on any atom is 0.156 e. The van der Waals surface area contributed by atoms with Gasteiger partial charge in [-0.05, 0) is 26.2 Å². The number of amidine groups is 1. The zero-order valence-corrected chi connectivity index (χ0v) is 11.8. The topological polar surface area (TPSA) is 74.3 Å². The van der Waals surface area contributed by atoms with Crippen LogP contribution in [0.5, 0.6) is 0 Å². The van der Waals surface area contributed by atoms with Gasteiger partial charge in [0.15, 0.2) is 5.84 Å². The molecule has 0 radical (unpaired) electrons. The molecule has 0 aromatic carbocycles. The number of rotatable bonds is 4. The lowest BCUT2D eigenvalue weighted by atomic mass is 10.1. The molecule has 0 bridgehead atoms. The molecule has 0 aromatic heterocycles. The van der Waals surface area contributed by atoms with Crippen molar-refractivity contribution in [2.75, 3.05) is 39.3 Å². The first-order chi connectivity index (χ1) is 9.20. The molecule has 2 heterocycles. The summed E-state index contributed by atoms with van der Waals surface area (Å²) < 4.78 is 5.78. The largest absolute Gasteiger partial charge is 0.409 e. The van der Waals surface area contributed by atoms with Crippen molar-refractivity contribution < 1.29 is 9.94 Å². The Morgan fingerprint density at radius 2 is 2.11 bits per heavy atom. The van der Waals surface area contributed by atoms with Gasteiger partial charge in [0.1, 0.15) is 0 Å². The highest BCUT2D eigenvalue weighted by molar-refractivity contribution is 5.84. The highest BCUT2D eigenvalue weighted by Crippen LogP contribution is 2.15. The van der Waals surface area contributed by atoms with Gasteiger partial charge >= 0.3 is 0 Å². The van der Waals surface area contributed by atoms with E-state index in [9.17, 15) is 0 Å². The van der Waals surface area contributed by atoms with E-state index in [0.717, 1.165) is 39.3 Å². The van der Waals surface area contributed by atoms with Crippen molar-refractivity contribution in [1.82, 2.24) is 9.80 Å². The summed E-state index contributed by atoms with van der Waals surface area (Å²) >= 11 is 0. The third kappa shape index (κ3) is 4.06. The predicted molar refractivity (Wildman–Crippen MR) is 74.5 cm³/mol. The van der Waals surface area contributed by atoms with Gasteiger partial charge in [0.2, 0.25) is 0 Å². The number of nitrogens with zero attached hydrogens (tertiary/aromatic N) is 3. The third-order valence-electron chi connectivity index (χ3n) is 4.23. The second kappa shape index (κ2) is 7.07. The number of piperazine rings is 1. The molecule has 0 aliphatic carbocycles. The molecule has 3 N–H and O–H groups in total. The van der Waals surface area contributed by atoms with E-state index in [1.807, 2.05) is 6.92 Å². The van der Waals surface area contributed by atoms with Gasteiger partial charge in [-0.1, -0.05) is 5.16 Å². The average molecular weight is 270 g/mol. The Labute approximate surface area is 115 Å². The summed E-state index contributed by atoms with van der Waals surface area (Å²) in [6, 6.07) is 0.0121. The summed E-state index contributed by atoms with van der Waals surface area (Å²) in [6.07, 6.45) is 4.12. The van der Waals surface area contributed by atoms with Gasteiger partial charge in [-0.15, -0.1) is 0 Å². The summed E-state index contributed by atoms with van der Waals surface area (Å²) in [7, 11) is 0. The second-order valence-corrected chi connectivity index (χ2v) is 5.53. The Morgan fingerprint density at radius 1 is 1.37 bits per heavy atom. The Hall–Kier alpha value is -0.850. The summed E-state index contributed by atoms with van der Waals surface area (Å²) in [4.78, 5) is 4.72. The van der Waals surface area contributed by atoms with Gasteiger partial charge in [0.05, 0.1) is 12.1 Å². The number of nitrogens with two attached hydrogens (primary N) is 1. The van der Waals surface area contributed by atoms with Gasteiger partial charge in [0.25, 0.3) is 0 Å². The summed E-state index contributed by atoms with van der Waals surface area (Å²) in [6.45, 7) is 7.94. The van der Waals surface area contributed by atoms with Crippen LogP contribution in [0.15, 0.2) is 5.16 Å². The van der Waals surface area contributed by atoms with Crippen LogP contribution in [0.3, 0.4) is 0 Å². The van der Waals surface area contributed by atoms with Crippen molar-refractivity contribution >= 4 is 5.84 Å². The predicted octanol–water partition coefficient (Wildman–Crippen LogP) is 0.308. The Kier molecular flexibility index (Phi) is 5.42. The summed E-state index contributed by atoms with van der Waals surface area (Å²) in [5.41, 5.74) is 5.66. The van der Waals surface area contributed by atoms with E-state index in [0.29, 0.717) is 11.9 Å². The van der Waals surface area contributed by atoms with E-state index >= 15 is 0 Å². The van der Waals surface area contributed by atoms with E-state index in [1.54, 1.807) is 0 Å². The van der Waals surface area contributed by atoms with Gasteiger partial charge in [0, 0.05) is 39.3 Å².